The quantitative estimate of drug-likeness (QED) is 0.785. The Morgan fingerprint density at radius 3 is 2.70 bits per heavy atom. The maximum atomic E-state index is 12.0. The molecule has 3 rings (SSSR count). The van der Waals surface area contributed by atoms with Crippen molar-refractivity contribution in [3.8, 4) is 0 Å². The predicted molar refractivity (Wildman–Crippen MR) is 81.5 cm³/mol. The van der Waals surface area contributed by atoms with Crippen LogP contribution in [0, 0.1) is 0 Å². The van der Waals surface area contributed by atoms with Crippen molar-refractivity contribution in [1.82, 2.24) is 5.32 Å². The number of halogens is 1. The number of nitrogens with one attached hydrogen (secondary N) is 1. The molecule has 0 aliphatic rings. The van der Waals surface area contributed by atoms with Gasteiger partial charge in [-0.15, -0.1) is 0 Å². The molecule has 0 bridgehead atoms. The average molecular weight is 330 g/mol. The Hall–Kier alpha value is -2.07. The first-order valence-corrected chi connectivity index (χ1v) is 7.03. The minimum Gasteiger partial charge on any atom is -0.457 e. The summed E-state index contributed by atoms with van der Waals surface area (Å²) in [5, 5.41) is 5.23. The van der Waals surface area contributed by atoms with Gasteiger partial charge in [-0.3, -0.25) is 4.79 Å². The fourth-order valence-electron chi connectivity index (χ4n) is 2.17. The number of amides is 1. The van der Waals surface area contributed by atoms with Crippen molar-refractivity contribution in [2.45, 2.75) is 6.54 Å². The lowest BCUT2D eigenvalue weighted by Gasteiger charge is -2.08. The second kappa shape index (κ2) is 5.51. The smallest absolute Gasteiger partial charge is 0.256 e. The highest BCUT2D eigenvalue weighted by atomic mass is 79.9. The van der Waals surface area contributed by atoms with Gasteiger partial charge in [-0.25, -0.2) is 0 Å². The normalized spacial score (nSPS) is 10.7. The molecule has 0 spiro atoms. The molecule has 1 aromatic heterocycles. The van der Waals surface area contributed by atoms with Gasteiger partial charge in [0.1, 0.15) is 0 Å². The number of carbonyl (C=O) groups excluding carboxylic acids is 1. The van der Waals surface area contributed by atoms with Crippen molar-refractivity contribution in [2.75, 3.05) is 0 Å². The van der Waals surface area contributed by atoms with Gasteiger partial charge < -0.3 is 9.73 Å². The van der Waals surface area contributed by atoms with Crippen LogP contribution in [0.15, 0.2) is 63.9 Å². The summed E-state index contributed by atoms with van der Waals surface area (Å²) < 4.78 is 5.52. The first-order valence-electron chi connectivity index (χ1n) is 6.23. The van der Waals surface area contributed by atoms with E-state index in [1.807, 2.05) is 24.3 Å². The zero-order valence-electron chi connectivity index (χ0n) is 10.6. The monoisotopic (exact) mass is 329 g/mol. The Labute approximate surface area is 124 Å². The molecule has 1 heterocycles. The summed E-state index contributed by atoms with van der Waals surface area (Å²) in [5.41, 5.74) is 1.60. The van der Waals surface area contributed by atoms with Gasteiger partial charge in [0.2, 0.25) is 0 Å². The van der Waals surface area contributed by atoms with Crippen molar-refractivity contribution >= 4 is 32.6 Å². The molecule has 0 fully saturated rings. The summed E-state index contributed by atoms with van der Waals surface area (Å²) in [4.78, 5) is 12.0. The van der Waals surface area contributed by atoms with Gasteiger partial charge in [0.25, 0.3) is 5.91 Å². The van der Waals surface area contributed by atoms with E-state index >= 15 is 0 Å². The SMILES string of the molecule is O=C(NCc1cccc2ccccc12)c1ccoc1Br. The van der Waals surface area contributed by atoms with Crippen LogP contribution in [0.3, 0.4) is 0 Å². The molecule has 1 N–H and O–H groups in total. The van der Waals surface area contributed by atoms with Gasteiger partial charge in [0.05, 0.1) is 11.8 Å². The maximum Gasteiger partial charge on any atom is 0.256 e. The molecule has 1 amide bonds. The van der Waals surface area contributed by atoms with E-state index in [-0.39, 0.29) is 5.91 Å². The third-order valence-electron chi connectivity index (χ3n) is 3.18. The van der Waals surface area contributed by atoms with Crippen molar-refractivity contribution < 1.29 is 9.21 Å². The fourth-order valence-corrected chi connectivity index (χ4v) is 2.59. The number of carbonyl (C=O) groups is 1. The molecule has 100 valence electrons. The van der Waals surface area contributed by atoms with Crippen LogP contribution in [0.1, 0.15) is 15.9 Å². The molecule has 0 aliphatic heterocycles. The lowest BCUT2D eigenvalue weighted by Crippen LogP contribution is -2.22. The molecular weight excluding hydrogens is 318 g/mol. The molecular formula is C16H12BrNO2. The van der Waals surface area contributed by atoms with E-state index in [9.17, 15) is 4.79 Å². The van der Waals surface area contributed by atoms with Crippen molar-refractivity contribution in [3.63, 3.8) is 0 Å². The van der Waals surface area contributed by atoms with Gasteiger partial charge in [0.15, 0.2) is 4.67 Å². The predicted octanol–water partition coefficient (Wildman–Crippen LogP) is 4.13. The highest BCUT2D eigenvalue weighted by Gasteiger charge is 2.12. The molecule has 20 heavy (non-hydrogen) atoms. The molecule has 0 aliphatic carbocycles. The summed E-state index contributed by atoms with van der Waals surface area (Å²) in [6.45, 7) is 0.484. The number of rotatable bonds is 3. The molecule has 3 aromatic rings. The van der Waals surface area contributed by atoms with Crippen molar-refractivity contribution in [2.24, 2.45) is 0 Å². The second-order valence-corrected chi connectivity index (χ2v) is 5.15. The number of hydrogen-bond donors (Lipinski definition) is 1. The highest BCUT2D eigenvalue weighted by molar-refractivity contribution is 9.10. The van der Waals surface area contributed by atoms with Gasteiger partial charge in [-0.05, 0) is 38.3 Å². The maximum absolute atomic E-state index is 12.0. The number of furan rings is 1. The molecule has 0 atom stereocenters. The summed E-state index contributed by atoms with van der Waals surface area (Å²) >= 11 is 3.21. The summed E-state index contributed by atoms with van der Waals surface area (Å²) in [6.07, 6.45) is 1.48. The van der Waals surface area contributed by atoms with Gasteiger partial charge in [0, 0.05) is 6.54 Å². The lowest BCUT2D eigenvalue weighted by atomic mass is 10.0. The Balaban J connectivity index is 1.81. The van der Waals surface area contributed by atoms with Crippen LogP contribution >= 0.6 is 15.9 Å². The van der Waals surface area contributed by atoms with E-state index in [4.69, 9.17) is 4.42 Å². The van der Waals surface area contributed by atoms with Crippen LogP contribution in [-0.2, 0) is 6.54 Å². The first-order chi connectivity index (χ1) is 9.75. The third kappa shape index (κ3) is 2.47. The zero-order valence-corrected chi connectivity index (χ0v) is 12.2. The highest BCUT2D eigenvalue weighted by Crippen LogP contribution is 2.20. The second-order valence-electron chi connectivity index (χ2n) is 4.43. The van der Waals surface area contributed by atoms with E-state index in [0.29, 0.717) is 16.8 Å². The van der Waals surface area contributed by atoms with Crippen LogP contribution in [0.4, 0.5) is 0 Å². The number of hydrogen-bond acceptors (Lipinski definition) is 2. The molecule has 3 nitrogen and oxygen atoms in total. The summed E-state index contributed by atoms with van der Waals surface area (Å²) in [7, 11) is 0. The summed E-state index contributed by atoms with van der Waals surface area (Å²) in [6, 6.07) is 15.9. The van der Waals surface area contributed by atoms with Crippen LogP contribution in [0.2, 0.25) is 0 Å². The number of benzene rings is 2. The van der Waals surface area contributed by atoms with E-state index < -0.39 is 0 Å². The molecule has 0 radical (unpaired) electrons. The molecule has 4 heteroatoms. The van der Waals surface area contributed by atoms with E-state index in [0.717, 1.165) is 10.9 Å². The molecule has 0 saturated heterocycles. The largest absolute Gasteiger partial charge is 0.457 e. The van der Waals surface area contributed by atoms with Crippen LogP contribution < -0.4 is 5.32 Å². The van der Waals surface area contributed by atoms with Crippen LogP contribution in [-0.4, -0.2) is 5.91 Å². The average Bonchev–Trinajstić information content (AvgIpc) is 2.91. The Morgan fingerprint density at radius 1 is 1.10 bits per heavy atom. The molecule has 2 aromatic carbocycles. The zero-order chi connectivity index (χ0) is 13.9. The minimum atomic E-state index is -0.154. The van der Waals surface area contributed by atoms with Crippen molar-refractivity contribution in [3.05, 3.63) is 70.6 Å². The number of fused-ring (bicyclic) bond motifs is 1. The van der Waals surface area contributed by atoms with Gasteiger partial charge in [-0.2, -0.15) is 0 Å². The lowest BCUT2D eigenvalue weighted by molar-refractivity contribution is 0.0949. The van der Waals surface area contributed by atoms with Crippen LogP contribution in [0.25, 0.3) is 10.8 Å². The fraction of sp³-hybridized carbons (Fsp3) is 0.0625. The minimum absolute atomic E-state index is 0.154. The standard InChI is InChI=1S/C16H12BrNO2/c17-15-14(8-9-20-15)16(19)18-10-12-6-3-5-11-4-1-2-7-13(11)12/h1-9H,10H2,(H,18,19). The topological polar surface area (TPSA) is 42.2 Å². The third-order valence-corrected chi connectivity index (χ3v) is 3.80. The van der Waals surface area contributed by atoms with E-state index in [2.05, 4.69) is 39.4 Å². The first kappa shape index (κ1) is 12.9. The van der Waals surface area contributed by atoms with Crippen LogP contribution in [0.5, 0.6) is 0 Å². The van der Waals surface area contributed by atoms with Gasteiger partial charge >= 0.3 is 0 Å². The Kier molecular flexibility index (Phi) is 3.56. The Morgan fingerprint density at radius 2 is 1.90 bits per heavy atom. The van der Waals surface area contributed by atoms with E-state index in [1.165, 1.54) is 11.6 Å². The molecule has 0 saturated carbocycles. The molecule has 0 unspecified atom stereocenters. The Bertz CT molecular complexity index is 759. The van der Waals surface area contributed by atoms with Gasteiger partial charge in [-0.1, -0.05) is 42.5 Å². The summed E-state index contributed by atoms with van der Waals surface area (Å²) in [5.74, 6) is -0.154. The van der Waals surface area contributed by atoms with E-state index in [1.54, 1.807) is 6.07 Å². The van der Waals surface area contributed by atoms with Crippen molar-refractivity contribution in [1.29, 1.82) is 0 Å².